The molecule has 0 saturated heterocycles. The minimum absolute atomic E-state index is 0.0654. The van der Waals surface area contributed by atoms with Gasteiger partial charge in [-0.25, -0.2) is 0 Å². The minimum Gasteiger partial charge on any atom is -0.179 e. The van der Waals surface area contributed by atoms with E-state index in [1.165, 1.54) is 0 Å². The number of halogens is 3. The van der Waals surface area contributed by atoms with Gasteiger partial charge in [0.05, 0.1) is 11.8 Å². The van der Waals surface area contributed by atoms with E-state index in [4.69, 9.17) is 0 Å². The van der Waals surface area contributed by atoms with Gasteiger partial charge in [-0.05, 0) is 6.07 Å². The third-order valence-electron chi connectivity index (χ3n) is 1.90. The van der Waals surface area contributed by atoms with Crippen molar-refractivity contribution < 1.29 is 17.7 Å². The molecule has 0 fully saturated rings. The van der Waals surface area contributed by atoms with Gasteiger partial charge in [0.1, 0.15) is 11.7 Å². The summed E-state index contributed by atoms with van der Waals surface area (Å²) in [6, 6.07) is 7.27. The molecular formula is C9H7F3NS2+. The molecule has 0 amide bonds. The molecule has 2 aromatic rings. The molecule has 0 radical (unpaired) electrons. The molecule has 0 aliphatic carbocycles. The lowest BCUT2D eigenvalue weighted by molar-refractivity contribution is -0.677. The second-order valence-corrected chi connectivity index (χ2v) is 5.29. The number of aromatic nitrogens is 1. The lowest BCUT2D eigenvalue weighted by Gasteiger charge is -1.98. The summed E-state index contributed by atoms with van der Waals surface area (Å²) in [5.41, 5.74) is -3.40. The van der Waals surface area contributed by atoms with Crippen molar-refractivity contribution in [3.8, 4) is 0 Å². The van der Waals surface area contributed by atoms with E-state index >= 15 is 0 Å². The van der Waals surface area contributed by atoms with Crippen molar-refractivity contribution in [2.75, 3.05) is 0 Å². The van der Waals surface area contributed by atoms with Crippen LogP contribution in [0.3, 0.4) is 0 Å². The Morgan fingerprint density at radius 3 is 2.53 bits per heavy atom. The van der Waals surface area contributed by atoms with Crippen molar-refractivity contribution in [3.05, 3.63) is 24.3 Å². The van der Waals surface area contributed by atoms with Gasteiger partial charge >= 0.3 is 9.85 Å². The maximum atomic E-state index is 12.2. The number of nitrogens with zero attached hydrogens (tertiary/aromatic N) is 1. The maximum Gasteiger partial charge on any atom is 0.452 e. The van der Waals surface area contributed by atoms with Crippen LogP contribution in [0.1, 0.15) is 0 Å². The Kier molecular flexibility index (Phi) is 2.64. The van der Waals surface area contributed by atoms with Crippen molar-refractivity contribution in [2.24, 2.45) is 7.05 Å². The number of para-hydroxylation sites is 1. The number of rotatable bonds is 1. The number of thioether (sulfide) groups is 1. The Hall–Kier alpha value is -0.750. The second kappa shape index (κ2) is 3.68. The first-order valence-electron chi connectivity index (χ1n) is 4.11. The van der Waals surface area contributed by atoms with Crippen LogP contribution in [-0.2, 0) is 7.05 Å². The normalized spacial score (nSPS) is 12.3. The Labute approximate surface area is 92.5 Å². The predicted octanol–water partition coefficient (Wildman–Crippen LogP) is 3.34. The third-order valence-corrected chi connectivity index (χ3v) is 4.09. The molecule has 0 aliphatic heterocycles. The lowest BCUT2D eigenvalue weighted by atomic mass is 10.3. The fourth-order valence-electron chi connectivity index (χ4n) is 1.27. The van der Waals surface area contributed by atoms with Gasteiger partial charge < -0.3 is 0 Å². The zero-order chi connectivity index (χ0) is 11.1. The van der Waals surface area contributed by atoms with Crippen LogP contribution in [0.15, 0.2) is 28.6 Å². The maximum absolute atomic E-state index is 12.2. The molecule has 6 heteroatoms. The molecule has 0 spiro atoms. The van der Waals surface area contributed by atoms with Crippen LogP contribution < -0.4 is 4.57 Å². The predicted molar refractivity (Wildman–Crippen MR) is 54.9 cm³/mol. The summed E-state index contributed by atoms with van der Waals surface area (Å²) in [6.07, 6.45) is 0. The molecule has 1 aromatic heterocycles. The second-order valence-electron chi connectivity index (χ2n) is 2.94. The van der Waals surface area contributed by atoms with Crippen LogP contribution in [0.5, 0.6) is 0 Å². The summed E-state index contributed by atoms with van der Waals surface area (Å²) in [5.74, 6) is 0. The van der Waals surface area contributed by atoms with E-state index in [1.807, 2.05) is 24.3 Å². The molecule has 15 heavy (non-hydrogen) atoms. The molecule has 0 bridgehead atoms. The number of fused-ring (bicyclic) bond motifs is 1. The zero-order valence-electron chi connectivity index (χ0n) is 7.71. The third kappa shape index (κ3) is 2.26. The largest absolute Gasteiger partial charge is 0.452 e. The summed E-state index contributed by atoms with van der Waals surface area (Å²) in [7, 11) is 1.65. The van der Waals surface area contributed by atoms with Gasteiger partial charge in [-0.3, -0.25) is 0 Å². The number of hydrogen-bond donors (Lipinski definition) is 0. The highest BCUT2D eigenvalue weighted by atomic mass is 32.2. The van der Waals surface area contributed by atoms with E-state index in [-0.39, 0.29) is 16.1 Å². The summed E-state index contributed by atoms with van der Waals surface area (Å²) in [5, 5.41) is 0. The summed E-state index contributed by atoms with van der Waals surface area (Å²) in [4.78, 5) is 0. The van der Waals surface area contributed by atoms with E-state index in [1.54, 1.807) is 11.6 Å². The lowest BCUT2D eigenvalue weighted by Crippen LogP contribution is -2.29. The van der Waals surface area contributed by atoms with Crippen molar-refractivity contribution in [3.63, 3.8) is 0 Å². The van der Waals surface area contributed by atoms with Gasteiger partial charge in [0.25, 0.3) is 0 Å². The number of aryl methyl sites for hydroxylation is 1. The highest BCUT2D eigenvalue weighted by Crippen LogP contribution is 2.39. The number of benzene rings is 1. The number of hydrogen-bond acceptors (Lipinski definition) is 2. The molecule has 0 atom stereocenters. The van der Waals surface area contributed by atoms with Crippen molar-refractivity contribution in [2.45, 2.75) is 9.85 Å². The first-order valence-corrected chi connectivity index (χ1v) is 5.74. The quantitative estimate of drug-likeness (QED) is 0.554. The molecule has 0 unspecified atom stereocenters. The molecule has 0 aliphatic rings. The fourth-order valence-corrected chi connectivity index (χ4v) is 3.30. The van der Waals surface area contributed by atoms with Crippen molar-refractivity contribution in [1.82, 2.24) is 0 Å². The van der Waals surface area contributed by atoms with Gasteiger partial charge in [-0.1, -0.05) is 23.5 Å². The van der Waals surface area contributed by atoms with Gasteiger partial charge in [-0.15, -0.1) is 0 Å². The minimum atomic E-state index is -4.22. The summed E-state index contributed by atoms with van der Waals surface area (Å²) in [6.45, 7) is 0. The summed E-state index contributed by atoms with van der Waals surface area (Å²) < 4.78 is 39.3. The molecule has 80 valence electrons. The average Bonchev–Trinajstić information content (AvgIpc) is 2.42. The topological polar surface area (TPSA) is 3.88 Å². The Balaban J connectivity index is 2.49. The van der Waals surface area contributed by atoms with Gasteiger partial charge in [0, 0.05) is 6.07 Å². The monoisotopic (exact) mass is 250 g/mol. The van der Waals surface area contributed by atoms with Crippen LogP contribution in [-0.4, -0.2) is 5.51 Å². The van der Waals surface area contributed by atoms with E-state index in [9.17, 15) is 13.2 Å². The van der Waals surface area contributed by atoms with E-state index in [0.717, 1.165) is 21.6 Å². The molecule has 1 nitrogen and oxygen atoms in total. The number of alkyl halides is 3. The first-order chi connectivity index (χ1) is 6.97. The summed E-state index contributed by atoms with van der Waals surface area (Å²) >= 11 is 1.09. The standard InChI is InChI=1S/C9H7F3NS2/c1-13-6-4-2-3-5-7(6)14-8(13)15-9(10,11)12/h2-5H,1H3/q+1. The van der Waals surface area contributed by atoms with Crippen LogP contribution in [0.4, 0.5) is 13.2 Å². The van der Waals surface area contributed by atoms with E-state index in [2.05, 4.69) is 0 Å². The van der Waals surface area contributed by atoms with Crippen LogP contribution >= 0.6 is 23.1 Å². The fraction of sp³-hybridized carbons (Fsp3) is 0.222. The highest BCUT2D eigenvalue weighted by molar-refractivity contribution is 8.01. The SMILES string of the molecule is C[n+]1c(SC(F)(F)F)sc2ccccc21. The molecule has 0 saturated carbocycles. The van der Waals surface area contributed by atoms with Crippen LogP contribution in [0, 0.1) is 0 Å². The highest BCUT2D eigenvalue weighted by Gasteiger charge is 2.35. The number of thiazole rings is 1. The molecule has 2 rings (SSSR count). The average molecular weight is 250 g/mol. The molecule has 0 N–H and O–H groups in total. The zero-order valence-corrected chi connectivity index (χ0v) is 9.34. The van der Waals surface area contributed by atoms with Crippen molar-refractivity contribution in [1.29, 1.82) is 0 Å². The van der Waals surface area contributed by atoms with Gasteiger partial charge in [0.15, 0.2) is 0 Å². The molecular weight excluding hydrogens is 243 g/mol. The van der Waals surface area contributed by atoms with Gasteiger partial charge in [-0.2, -0.15) is 17.7 Å². The van der Waals surface area contributed by atoms with Crippen molar-refractivity contribution >= 4 is 33.3 Å². The molecule has 1 aromatic carbocycles. The van der Waals surface area contributed by atoms with E-state index < -0.39 is 5.51 Å². The Morgan fingerprint density at radius 1 is 1.27 bits per heavy atom. The first kappa shape index (κ1) is 10.8. The smallest absolute Gasteiger partial charge is 0.179 e. The Morgan fingerprint density at radius 2 is 1.93 bits per heavy atom. The molecule has 1 heterocycles. The van der Waals surface area contributed by atoms with Crippen LogP contribution in [0.2, 0.25) is 0 Å². The van der Waals surface area contributed by atoms with Gasteiger partial charge in [0.2, 0.25) is 5.52 Å². The Bertz CT molecular complexity index is 490. The van der Waals surface area contributed by atoms with E-state index in [0.29, 0.717) is 0 Å². The van der Waals surface area contributed by atoms with Crippen LogP contribution in [0.25, 0.3) is 10.2 Å².